The van der Waals surface area contributed by atoms with E-state index in [1.165, 1.54) is 43.4 Å². The van der Waals surface area contributed by atoms with Crippen LogP contribution in [0.4, 0.5) is 4.39 Å². The number of halogens is 1. The summed E-state index contributed by atoms with van der Waals surface area (Å²) in [4.78, 5) is 24.9. The van der Waals surface area contributed by atoms with Crippen molar-refractivity contribution in [2.24, 2.45) is 0 Å². The highest BCUT2D eigenvalue weighted by Gasteiger charge is 2.17. The number of hydrogen-bond donors (Lipinski definition) is 0. The molecule has 20 heavy (non-hydrogen) atoms. The van der Waals surface area contributed by atoms with Gasteiger partial charge in [-0.2, -0.15) is 0 Å². The van der Waals surface area contributed by atoms with E-state index in [0.717, 1.165) is 0 Å². The first kappa shape index (κ1) is 16.1. The van der Waals surface area contributed by atoms with Crippen LogP contribution in [-0.2, 0) is 14.3 Å². The minimum Gasteiger partial charge on any atom is -0.469 e. The van der Waals surface area contributed by atoms with Crippen molar-refractivity contribution < 1.29 is 23.5 Å². The highest BCUT2D eigenvalue weighted by molar-refractivity contribution is 5.94. The first-order chi connectivity index (χ1) is 9.58. The number of rotatable bonds is 7. The third kappa shape index (κ3) is 4.97. The van der Waals surface area contributed by atoms with Gasteiger partial charge in [-0.15, -0.1) is 0 Å². The Morgan fingerprint density at radius 3 is 2.35 bits per heavy atom. The molecule has 1 aromatic rings. The van der Waals surface area contributed by atoms with Crippen molar-refractivity contribution in [1.82, 2.24) is 4.90 Å². The van der Waals surface area contributed by atoms with Crippen molar-refractivity contribution in [3.8, 4) is 0 Å². The molecule has 0 unspecified atom stereocenters. The number of carbonyl (C=O) groups is 2. The van der Waals surface area contributed by atoms with Gasteiger partial charge < -0.3 is 14.4 Å². The van der Waals surface area contributed by atoms with Gasteiger partial charge in [-0.3, -0.25) is 9.59 Å². The molecule has 0 aliphatic heterocycles. The Labute approximate surface area is 117 Å². The van der Waals surface area contributed by atoms with E-state index in [1.807, 2.05) is 0 Å². The molecule has 0 fully saturated rings. The highest BCUT2D eigenvalue weighted by Crippen LogP contribution is 2.08. The lowest BCUT2D eigenvalue weighted by Gasteiger charge is -2.22. The summed E-state index contributed by atoms with van der Waals surface area (Å²) in [5, 5.41) is 0. The van der Waals surface area contributed by atoms with E-state index in [-0.39, 0.29) is 24.8 Å². The summed E-state index contributed by atoms with van der Waals surface area (Å²) < 4.78 is 22.3. The van der Waals surface area contributed by atoms with Crippen LogP contribution in [0, 0.1) is 5.82 Å². The average Bonchev–Trinajstić information content (AvgIpc) is 2.47. The topological polar surface area (TPSA) is 55.8 Å². The standard InChI is InChI=1S/C14H18FNO4/c1-19-10-9-16(8-7-13(17)20-2)14(18)11-3-5-12(15)6-4-11/h3-6H,7-10H2,1-2H3. The number of amides is 1. The van der Waals surface area contributed by atoms with Crippen LogP contribution in [0.1, 0.15) is 16.8 Å². The predicted molar refractivity (Wildman–Crippen MR) is 70.8 cm³/mol. The minimum absolute atomic E-state index is 0.104. The lowest BCUT2D eigenvalue weighted by molar-refractivity contribution is -0.140. The number of benzene rings is 1. The molecule has 0 bridgehead atoms. The van der Waals surface area contributed by atoms with Gasteiger partial charge in [0, 0.05) is 25.8 Å². The van der Waals surface area contributed by atoms with Crippen LogP contribution in [-0.4, -0.2) is 50.7 Å². The Morgan fingerprint density at radius 2 is 1.80 bits per heavy atom. The molecule has 0 saturated carbocycles. The van der Waals surface area contributed by atoms with Crippen molar-refractivity contribution in [1.29, 1.82) is 0 Å². The zero-order valence-electron chi connectivity index (χ0n) is 11.6. The third-order valence-electron chi connectivity index (χ3n) is 2.76. The van der Waals surface area contributed by atoms with E-state index < -0.39 is 5.82 Å². The van der Waals surface area contributed by atoms with Gasteiger partial charge in [0.2, 0.25) is 0 Å². The first-order valence-corrected chi connectivity index (χ1v) is 6.19. The molecule has 0 aliphatic rings. The Morgan fingerprint density at radius 1 is 1.15 bits per heavy atom. The maximum atomic E-state index is 12.8. The number of ether oxygens (including phenoxy) is 2. The SMILES string of the molecule is COCCN(CCC(=O)OC)C(=O)c1ccc(F)cc1. The lowest BCUT2D eigenvalue weighted by atomic mass is 10.2. The molecule has 6 heteroatoms. The molecule has 0 aliphatic carbocycles. The normalized spacial score (nSPS) is 10.2. The summed E-state index contributed by atoms with van der Waals surface area (Å²) in [6, 6.07) is 5.27. The number of esters is 1. The summed E-state index contributed by atoms with van der Waals surface area (Å²) in [5.74, 6) is -1.06. The fourth-order valence-corrected chi connectivity index (χ4v) is 1.62. The fourth-order valence-electron chi connectivity index (χ4n) is 1.62. The van der Waals surface area contributed by atoms with E-state index in [4.69, 9.17) is 4.74 Å². The summed E-state index contributed by atoms with van der Waals surface area (Å²) in [7, 11) is 2.82. The maximum Gasteiger partial charge on any atom is 0.307 e. The number of methoxy groups -OCH3 is 2. The molecule has 1 aromatic carbocycles. The van der Waals surface area contributed by atoms with Crippen LogP contribution in [0.25, 0.3) is 0 Å². The van der Waals surface area contributed by atoms with Crippen molar-refractivity contribution in [2.75, 3.05) is 33.9 Å². The van der Waals surface area contributed by atoms with Gasteiger partial charge in [0.15, 0.2) is 0 Å². The molecule has 0 heterocycles. The van der Waals surface area contributed by atoms with Crippen LogP contribution in [0.3, 0.4) is 0 Å². The van der Waals surface area contributed by atoms with E-state index in [2.05, 4.69) is 4.74 Å². The summed E-state index contributed by atoms with van der Waals surface area (Å²) in [5.41, 5.74) is 0.368. The van der Waals surface area contributed by atoms with Gasteiger partial charge in [0.05, 0.1) is 20.1 Å². The second-order valence-corrected chi connectivity index (χ2v) is 4.12. The van der Waals surface area contributed by atoms with Gasteiger partial charge in [-0.25, -0.2) is 4.39 Å². The van der Waals surface area contributed by atoms with Crippen molar-refractivity contribution in [2.45, 2.75) is 6.42 Å². The van der Waals surface area contributed by atoms with E-state index >= 15 is 0 Å². The zero-order valence-corrected chi connectivity index (χ0v) is 11.6. The molecule has 110 valence electrons. The van der Waals surface area contributed by atoms with E-state index in [9.17, 15) is 14.0 Å². The molecule has 5 nitrogen and oxygen atoms in total. The third-order valence-corrected chi connectivity index (χ3v) is 2.76. The molecule has 0 radical (unpaired) electrons. The average molecular weight is 283 g/mol. The van der Waals surface area contributed by atoms with Gasteiger partial charge in [0.25, 0.3) is 5.91 Å². The highest BCUT2D eigenvalue weighted by atomic mass is 19.1. The second-order valence-electron chi connectivity index (χ2n) is 4.12. The Bertz CT molecular complexity index is 447. The molecule has 0 atom stereocenters. The molecule has 0 N–H and O–H groups in total. The number of nitrogens with zero attached hydrogens (tertiary/aromatic N) is 1. The molecular weight excluding hydrogens is 265 g/mol. The van der Waals surface area contributed by atoms with Crippen molar-refractivity contribution in [3.05, 3.63) is 35.6 Å². The van der Waals surface area contributed by atoms with Crippen LogP contribution in [0.2, 0.25) is 0 Å². The second kappa shape index (κ2) is 8.27. The summed E-state index contributed by atoms with van der Waals surface area (Å²) >= 11 is 0. The molecule has 0 spiro atoms. The molecule has 0 aromatic heterocycles. The Hall–Kier alpha value is -1.95. The van der Waals surface area contributed by atoms with Crippen LogP contribution >= 0.6 is 0 Å². The first-order valence-electron chi connectivity index (χ1n) is 6.19. The Balaban J connectivity index is 2.72. The zero-order chi connectivity index (χ0) is 15.0. The van der Waals surface area contributed by atoms with Gasteiger partial charge >= 0.3 is 5.97 Å². The smallest absolute Gasteiger partial charge is 0.307 e. The van der Waals surface area contributed by atoms with Gasteiger partial charge in [0.1, 0.15) is 5.82 Å². The number of hydrogen-bond acceptors (Lipinski definition) is 4. The van der Waals surface area contributed by atoms with Crippen molar-refractivity contribution >= 4 is 11.9 Å². The molecule has 1 amide bonds. The quantitative estimate of drug-likeness (QED) is 0.711. The van der Waals surface area contributed by atoms with Crippen LogP contribution < -0.4 is 0 Å². The largest absolute Gasteiger partial charge is 0.469 e. The van der Waals surface area contributed by atoms with Crippen LogP contribution in [0.5, 0.6) is 0 Å². The molecule has 0 saturated heterocycles. The summed E-state index contributed by atoms with van der Waals surface area (Å²) in [6.45, 7) is 0.935. The predicted octanol–water partition coefficient (Wildman–Crippen LogP) is 1.48. The molecule has 1 rings (SSSR count). The van der Waals surface area contributed by atoms with Gasteiger partial charge in [-0.1, -0.05) is 0 Å². The fraction of sp³-hybridized carbons (Fsp3) is 0.429. The van der Waals surface area contributed by atoms with Crippen LogP contribution in [0.15, 0.2) is 24.3 Å². The van der Waals surface area contributed by atoms with Gasteiger partial charge in [-0.05, 0) is 24.3 Å². The lowest BCUT2D eigenvalue weighted by Crippen LogP contribution is -2.35. The summed E-state index contributed by atoms with van der Waals surface area (Å²) in [6.07, 6.45) is 0.104. The Kier molecular flexibility index (Phi) is 6.66. The van der Waals surface area contributed by atoms with Crippen molar-refractivity contribution in [3.63, 3.8) is 0 Å². The molecular formula is C14H18FNO4. The minimum atomic E-state index is -0.403. The van der Waals surface area contributed by atoms with E-state index in [0.29, 0.717) is 18.7 Å². The number of carbonyl (C=O) groups excluding carboxylic acids is 2. The maximum absolute atomic E-state index is 12.8. The monoisotopic (exact) mass is 283 g/mol. The van der Waals surface area contributed by atoms with E-state index in [1.54, 1.807) is 0 Å².